The second-order valence-corrected chi connectivity index (χ2v) is 6.46. The van der Waals surface area contributed by atoms with Gasteiger partial charge >= 0.3 is 0 Å². The molecule has 7 heteroatoms. The van der Waals surface area contributed by atoms with Crippen molar-refractivity contribution >= 4 is 28.4 Å². The molecule has 0 atom stereocenters. The van der Waals surface area contributed by atoms with Crippen molar-refractivity contribution in [1.82, 2.24) is 15.2 Å². The minimum Gasteiger partial charge on any atom is -0.496 e. The van der Waals surface area contributed by atoms with Crippen molar-refractivity contribution in [3.8, 4) is 17.2 Å². The Morgan fingerprint density at radius 1 is 1.15 bits per heavy atom. The van der Waals surface area contributed by atoms with Crippen molar-refractivity contribution in [1.29, 1.82) is 0 Å². The zero-order chi connectivity index (χ0) is 17.9. The molecule has 2 heterocycles. The van der Waals surface area contributed by atoms with E-state index in [0.717, 1.165) is 16.5 Å². The summed E-state index contributed by atoms with van der Waals surface area (Å²) in [7, 11) is 1.59. The van der Waals surface area contributed by atoms with Gasteiger partial charge in [-0.1, -0.05) is 42.1 Å². The molecular formula is C19H15N3O3S. The number of H-pyrrole nitrogens is 1. The van der Waals surface area contributed by atoms with Crippen LogP contribution in [-0.2, 0) is 0 Å². The minimum atomic E-state index is 0.00416. The summed E-state index contributed by atoms with van der Waals surface area (Å²) in [6.07, 6.45) is 1.74. The predicted octanol–water partition coefficient (Wildman–Crippen LogP) is 4.20. The highest BCUT2D eigenvalue weighted by molar-refractivity contribution is 7.99. The summed E-state index contributed by atoms with van der Waals surface area (Å²) in [5.41, 5.74) is 2.33. The number of Topliss-reactive ketones (excluding diaryl/α,β-unsaturated/α-hetero) is 1. The number of ether oxygens (including phenoxy) is 1. The van der Waals surface area contributed by atoms with Crippen LogP contribution in [0.5, 0.6) is 5.75 Å². The lowest BCUT2D eigenvalue weighted by Gasteiger charge is -2.03. The molecule has 26 heavy (non-hydrogen) atoms. The molecule has 0 radical (unpaired) electrons. The molecule has 1 N–H and O–H groups in total. The maximum atomic E-state index is 12.5. The van der Waals surface area contributed by atoms with Crippen LogP contribution in [-0.4, -0.2) is 33.8 Å². The fraction of sp³-hybridized carbons (Fsp3) is 0.105. The number of thioether (sulfide) groups is 1. The van der Waals surface area contributed by atoms with Crippen LogP contribution in [0.15, 0.2) is 64.4 Å². The van der Waals surface area contributed by atoms with Crippen molar-refractivity contribution in [3.05, 3.63) is 60.3 Å². The van der Waals surface area contributed by atoms with E-state index < -0.39 is 0 Å². The molecule has 0 amide bonds. The Morgan fingerprint density at radius 3 is 2.85 bits per heavy atom. The number of ketones is 1. The number of para-hydroxylation sites is 2. The molecule has 0 unspecified atom stereocenters. The molecule has 130 valence electrons. The molecule has 0 saturated heterocycles. The summed E-state index contributed by atoms with van der Waals surface area (Å²) in [6, 6.07) is 15.1. The average Bonchev–Trinajstić information content (AvgIpc) is 3.33. The van der Waals surface area contributed by atoms with Crippen LogP contribution in [0.25, 0.3) is 22.4 Å². The molecule has 0 aliphatic heterocycles. The zero-order valence-electron chi connectivity index (χ0n) is 13.9. The van der Waals surface area contributed by atoms with E-state index in [1.807, 2.05) is 48.5 Å². The van der Waals surface area contributed by atoms with Gasteiger partial charge < -0.3 is 14.1 Å². The van der Waals surface area contributed by atoms with Gasteiger partial charge in [0.2, 0.25) is 0 Å². The highest BCUT2D eigenvalue weighted by atomic mass is 32.2. The Kier molecular flexibility index (Phi) is 4.45. The summed E-state index contributed by atoms with van der Waals surface area (Å²) < 4.78 is 11.0. The quantitative estimate of drug-likeness (QED) is 0.407. The van der Waals surface area contributed by atoms with Gasteiger partial charge in [-0.25, -0.2) is 0 Å². The topological polar surface area (TPSA) is 81.0 Å². The molecule has 0 aliphatic rings. The van der Waals surface area contributed by atoms with Gasteiger partial charge in [0.25, 0.3) is 11.1 Å². The first-order valence-corrected chi connectivity index (χ1v) is 8.94. The van der Waals surface area contributed by atoms with E-state index in [0.29, 0.717) is 22.4 Å². The van der Waals surface area contributed by atoms with E-state index in [2.05, 4.69) is 15.2 Å². The highest BCUT2D eigenvalue weighted by Gasteiger charge is 2.16. The van der Waals surface area contributed by atoms with Crippen molar-refractivity contribution in [3.63, 3.8) is 0 Å². The number of rotatable bonds is 6. The summed E-state index contributed by atoms with van der Waals surface area (Å²) in [5.74, 6) is 1.24. The highest BCUT2D eigenvalue weighted by Crippen LogP contribution is 2.30. The number of fused-ring (bicyclic) bond motifs is 1. The molecule has 4 aromatic rings. The lowest BCUT2D eigenvalue weighted by atomic mass is 10.1. The first-order valence-electron chi connectivity index (χ1n) is 7.95. The molecule has 0 bridgehead atoms. The van der Waals surface area contributed by atoms with Gasteiger partial charge in [0.15, 0.2) is 5.78 Å². The van der Waals surface area contributed by atoms with Crippen LogP contribution >= 0.6 is 11.8 Å². The predicted molar refractivity (Wildman–Crippen MR) is 99.6 cm³/mol. The second-order valence-electron chi connectivity index (χ2n) is 5.53. The molecule has 0 saturated carbocycles. The average molecular weight is 365 g/mol. The number of carbonyl (C=O) groups is 1. The van der Waals surface area contributed by atoms with E-state index >= 15 is 0 Å². The summed E-state index contributed by atoms with van der Waals surface area (Å²) >= 11 is 1.22. The lowest BCUT2D eigenvalue weighted by molar-refractivity contribution is 0.102. The lowest BCUT2D eigenvalue weighted by Crippen LogP contribution is -2.01. The maximum Gasteiger partial charge on any atom is 0.277 e. The van der Waals surface area contributed by atoms with Gasteiger partial charge in [-0.2, -0.15) is 0 Å². The standard InChI is InChI=1S/C19H15N3O3S/c1-24-17-9-5-3-7-13(17)18-21-22-19(25-18)26-11-16(23)14-10-20-15-8-4-2-6-12(14)15/h2-10,20H,11H2,1H3. The van der Waals surface area contributed by atoms with Gasteiger partial charge in [0.05, 0.1) is 18.4 Å². The molecule has 2 aromatic heterocycles. The van der Waals surface area contributed by atoms with Crippen molar-refractivity contribution in [2.24, 2.45) is 0 Å². The third-order valence-corrected chi connectivity index (χ3v) is 4.78. The van der Waals surface area contributed by atoms with Gasteiger partial charge in [-0.3, -0.25) is 4.79 Å². The Labute approximate surface area is 153 Å². The van der Waals surface area contributed by atoms with Crippen molar-refractivity contribution in [2.75, 3.05) is 12.9 Å². The normalized spacial score (nSPS) is 11.0. The van der Waals surface area contributed by atoms with Crippen LogP contribution < -0.4 is 4.74 Å². The van der Waals surface area contributed by atoms with E-state index in [1.54, 1.807) is 13.3 Å². The number of aromatic amines is 1. The fourth-order valence-electron chi connectivity index (χ4n) is 2.71. The van der Waals surface area contributed by atoms with Gasteiger partial charge in [-0.05, 0) is 18.2 Å². The Hall–Kier alpha value is -3.06. The zero-order valence-corrected chi connectivity index (χ0v) is 14.7. The SMILES string of the molecule is COc1ccccc1-c1nnc(SCC(=O)c2c[nH]c3ccccc23)o1. The molecular weight excluding hydrogens is 350 g/mol. The number of aromatic nitrogens is 3. The van der Waals surface area contributed by atoms with Gasteiger partial charge in [-0.15, -0.1) is 10.2 Å². The third-order valence-electron chi connectivity index (χ3n) is 3.96. The summed E-state index contributed by atoms with van der Waals surface area (Å²) in [5, 5.41) is 9.33. The van der Waals surface area contributed by atoms with Crippen LogP contribution in [0.4, 0.5) is 0 Å². The Balaban J connectivity index is 1.49. The number of hydrogen-bond donors (Lipinski definition) is 1. The second kappa shape index (κ2) is 7.05. The minimum absolute atomic E-state index is 0.00416. The first-order chi connectivity index (χ1) is 12.8. The first kappa shape index (κ1) is 16.4. The van der Waals surface area contributed by atoms with Crippen LogP contribution in [0, 0.1) is 0 Å². The third kappa shape index (κ3) is 3.09. The van der Waals surface area contributed by atoms with Gasteiger partial charge in [0, 0.05) is 22.7 Å². The Bertz CT molecular complexity index is 1070. The van der Waals surface area contributed by atoms with Crippen LogP contribution in [0.3, 0.4) is 0 Å². The van der Waals surface area contributed by atoms with Crippen molar-refractivity contribution in [2.45, 2.75) is 5.22 Å². The molecule has 0 spiro atoms. The smallest absolute Gasteiger partial charge is 0.277 e. The summed E-state index contributed by atoms with van der Waals surface area (Å²) in [4.78, 5) is 15.6. The van der Waals surface area contributed by atoms with E-state index in [1.165, 1.54) is 11.8 Å². The number of methoxy groups -OCH3 is 1. The van der Waals surface area contributed by atoms with Crippen LogP contribution in [0.2, 0.25) is 0 Å². The molecule has 6 nitrogen and oxygen atoms in total. The van der Waals surface area contributed by atoms with Crippen molar-refractivity contribution < 1.29 is 13.9 Å². The molecule has 2 aromatic carbocycles. The number of nitrogens with zero attached hydrogens (tertiary/aromatic N) is 2. The maximum absolute atomic E-state index is 12.5. The monoisotopic (exact) mass is 365 g/mol. The van der Waals surface area contributed by atoms with E-state index in [4.69, 9.17) is 9.15 Å². The number of benzene rings is 2. The van der Waals surface area contributed by atoms with E-state index in [-0.39, 0.29) is 11.5 Å². The number of hydrogen-bond acceptors (Lipinski definition) is 6. The molecule has 0 aliphatic carbocycles. The summed E-state index contributed by atoms with van der Waals surface area (Å²) in [6.45, 7) is 0. The Morgan fingerprint density at radius 2 is 1.96 bits per heavy atom. The fourth-order valence-corrected chi connectivity index (χ4v) is 3.35. The largest absolute Gasteiger partial charge is 0.496 e. The molecule has 4 rings (SSSR count). The van der Waals surface area contributed by atoms with E-state index in [9.17, 15) is 4.79 Å². The number of nitrogens with one attached hydrogen (secondary N) is 1. The number of carbonyl (C=O) groups excluding carboxylic acids is 1. The van der Waals surface area contributed by atoms with Gasteiger partial charge in [0.1, 0.15) is 5.75 Å². The molecule has 0 fully saturated rings. The van der Waals surface area contributed by atoms with Crippen LogP contribution in [0.1, 0.15) is 10.4 Å².